The molecule has 0 radical (unpaired) electrons. The van der Waals surface area contributed by atoms with Crippen molar-refractivity contribution in [2.75, 3.05) is 32.6 Å². The molecule has 3 aliphatic carbocycles. The Bertz CT molecular complexity index is 1980. The average molecular weight is 784 g/mol. The Labute approximate surface area is 321 Å². The van der Waals surface area contributed by atoms with Crippen molar-refractivity contribution in [3.8, 4) is 11.6 Å². The summed E-state index contributed by atoms with van der Waals surface area (Å²) >= 11 is 6.13. The second-order valence-electron chi connectivity index (χ2n) is 16.2. The molecule has 6 rings (SSSR count). The molecule has 0 saturated heterocycles. The summed E-state index contributed by atoms with van der Waals surface area (Å²) in [6.45, 7) is 14.7. The molecule has 0 amide bonds. The number of ketones is 2. The molecule has 3 aliphatic rings. The highest BCUT2D eigenvalue weighted by Crippen LogP contribution is 2.59. The molecule has 0 aliphatic heterocycles. The van der Waals surface area contributed by atoms with E-state index in [-0.39, 0.29) is 70.0 Å². The van der Waals surface area contributed by atoms with E-state index in [2.05, 4.69) is 20.4 Å². The summed E-state index contributed by atoms with van der Waals surface area (Å²) in [5, 5.41) is 19.5. The van der Waals surface area contributed by atoms with Gasteiger partial charge < -0.3 is 28.8 Å². The summed E-state index contributed by atoms with van der Waals surface area (Å²) in [4.78, 5) is 41.0. The molecular weight excluding hydrogens is 733 g/mol. The van der Waals surface area contributed by atoms with Crippen molar-refractivity contribution < 1.29 is 37.5 Å². The third kappa shape index (κ3) is 6.73. The first-order chi connectivity index (χ1) is 25.5. The van der Waals surface area contributed by atoms with Gasteiger partial charge in [0.05, 0.1) is 30.5 Å². The van der Waals surface area contributed by atoms with Crippen LogP contribution in [-0.2, 0) is 15.6 Å². The van der Waals surface area contributed by atoms with Crippen LogP contribution in [0.25, 0.3) is 5.76 Å². The molecule has 0 bridgehead atoms. The Morgan fingerprint density at radius 3 is 2.39 bits per heavy atom. The Morgan fingerprint density at radius 1 is 1.07 bits per heavy atom. The predicted octanol–water partition coefficient (Wildman–Crippen LogP) is 8.65. The van der Waals surface area contributed by atoms with Gasteiger partial charge in [0.25, 0.3) is 5.88 Å². The normalized spacial score (nSPS) is 22.5. The molecule has 1 saturated carbocycles. The van der Waals surface area contributed by atoms with Crippen molar-refractivity contribution in [3.63, 3.8) is 0 Å². The fourth-order valence-electron chi connectivity index (χ4n) is 7.65. The van der Waals surface area contributed by atoms with Crippen molar-refractivity contribution in [2.45, 2.75) is 103 Å². The van der Waals surface area contributed by atoms with Gasteiger partial charge in [0.15, 0.2) is 25.4 Å². The van der Waals surface area contributed by atoms with E-state index in [4.69, 9.17) is 30.0 Å². The van der Waals surface area contributed by atoms with Crippen molar-refractivity contribution in [2.24, 2.45) is 11.8 Å². The molecule has 2 N–H and O–H groups in total. The maximum atomic E-state index is 16.4. The number of benzene rings is 1. The van der Waals surface area contributed by atoms with Crippen LogP contribution in [0.4, 0.5) is 15.9 Å². The summed E-state index contributed by atoms with van der Waals surface area (Å²) in [5.74, 6) is -2.96. The van der Waals surface area contributed by atoms with Crippen LogP contribution in [0.1, 0.15) is 100 Å². The lowest BCUT2D eigenvalue weighted by atomic mass is 9.57. The first-order valence-corrected chi connectivity index (χ1v) is 22.0. The second-order valence-corrected chi connectivity index (χ2v) is 21.4. The average Bonchev–Trinajstić information content (AvgIpc) is 3.50. The SMILES string of the molecule is CCCCOc1noc2c1C(=O)[C@@]1(O[Si](C)(C)C(C)(C)C)C(=O)C3=C(O)c4c(c(F)cc(Nc5cc(Cl)ncn5)c4OCCCC)C[C@H]3C[C@H]1[C@@H]2N(C)C. The lowest BCUT2D eigenvalue weighted by molar-refractivity contribution is -0.140. The fourth-order valence-corrected chi connectivity index (χ4v) is 9.25. The van der Waals surface area contributed by atoms with Gasteiger partial charge in [-0.1, -0.05) is 59.1 Å². The first kappa shape index (κ1) is 39.8. The number of Topliss-reactive ketones (excluding diaryl/α,β-unsaturated/α-hetero) is 2. The Morgan fingerprint density at radius 2 is 1.76 bits per heavy atom. The number of fused-ring (bicyclic) bond motifs is 4. The van der Waals surface area contributed by atoms with Crippen LogP contribution in [0.15, 0.2) is 28.6 Å². The third-order valence-corrected chi connectivity index (χ3v) is 16.0. The summed E-state index contributed by atoms with van der Waals surface area (Å²) in [7, 11) is 0.772. The van der Waals surface area contributed by atoms with Crippen LogP contribution in [0.3, 0.4) is 0 Å². The zero-order chi connectivity index (χ0) is 39.3. The molecule has 292 valence electrons. The standard InChI is InChI=1S/C39H51ClFN5O7Si/c1-10-12-14-50-33-25(44-27-19-26(40)42-20-43-27)18-24(41)22-16-21-17-23-31(46(6)7)34-30(37(45-52-34)51-15-13-11-2)36(49)39(23,53-54(8,9)38(3,4)5)35(48)28(21)32(47)29(22)33/h18-21,23,31,47H,10-17H2,1-9H3,(H,42,43,44)/t21-,23-,31-,39-/m0/s1. The van der Waals surface area contributed by atoms with Crippen LogP contribution in [0.2, 0.25) is 23.3 Å². The van der Waals surface area contributed by atoms with Gasteiger partial charge in [0.1, 0.15) is 34.4 Å². The lowest BCUT2D eigenvalue weighted by Gasteiger charge is -2.55. The number of halogens is 2. The van der Waals surface area contributed by atoms with Crippen LogP contribution >= 0.6 is 11.6 Å². The summed E-state index contributed by atoms with van der Waals surface area (Å²) in [6.07, 6.45) is 4.64. The number of carbonyl (C=O) groups excluding carboxylic acids is 2. The van der Waals surface area contributed by atoms with Crippen molar-refractivity contribution in [1.29, 1.82) is 0 Å². The molecule has 0 unspecified atom stereocenters. The minimum absolute atomic E-state index is 0.0126. The smallest absolute Gasteiger partial charge is 0.265 e. The van der Waals surface area contributed by atoms with Gasteiger partial charge in [-0.25, -0.2) is 14.4 Å². The van der Waals surface area contributed by atoms with E-state index in [0.29, 0.717) is 18.8 Å². The van der Waals surface area contributed by atoms with Gasteiger partial charge in [-0.15, -0.1) is 0 Å². The van der Waals surface area contributed by atoms with Crippen molar-refractivity contribution >= 4 is 48.7 Å². The summed E-state index contributed by atoms with van der Waals surface area (Å²) in [5.41, 5.74) is -1.53. The number of nitrogens with one attached hydrogen (secondary N) is 1. The van der Waals surface area contributed by atoms with Gasteiger partial charge in [-0.2, -0.15) is 0 Å². The number of carbonyl (C=O) groups is 2. The monoisotopic (exact) mass is 783 g/mol. The van der Waals surface area contributed by atoms with Crippen LogP contribution in [0.5, 0.6) is 11.6 Å². The van der Waals surface area contributed by atoms with Crippen molar-refractivity contribution in [3.05, 3.63) is 57.5 Å². The Balaban J connectivity index is 1.59. The highest BCUT2D eigenvalue weighted by Gasteiger charge is 2.69. The molecule has 0 spiro atoms. The minimum Gasteiger partial charge on any atom is -0.507 e. The Kier molecular flexibility index (Phi) is 11.1. The first-order valence-electron chi connectivity index (χ1n) is 18.7. The van der Waals surface area contributed by atoms with Crippen LogP contribution < -0.4 is 14.8 Å². The number of anilines is 2. The van der Waals surface area contributed by atoms with E-state index in [1.165, 1.54) is 18.5 Å². The third-order valence-electron chi connectivity index (χ3n) is 11.4. The number of unbranched alkanes of at least 4 members (excludes halogenated alkanes) is 2. The van der Waals surface area contributed by atoms with E-state index in [1.54, 1.807) is 0 Å². The molecule has 3 aromatic rings. The van der Waals surface area contributed by atoms with E-state index >= 15 is 14.0 Å². The number of aromatic nitrogens is 3. The number of aliphatic hydroxyl groups is 1. The van der Waals surface area contributed by atoms with Gasteiger partial charge in [0.2, 0.25) is 11.6 Å². The van der Waals surface area contributed by atoms with Gasteiger partial charge in [-0.3, -0.25) is 14.5 Å². The van der Waals surface area contributed by atoms with Gasteiger partial charge >= 0.3 is 0 Å². The molecule has 12 nitrogen and oxygen atoms in total. The predicted molar refractivity (Wildman–Crippen MR) is 206 cm³/mol. The zero-order valence-corrected chi connectivity index (χ0v) is 34.3. The largest absolute Gasteiger partial charge is 0.507 e. The molecule has 2 aromatic heterocycles. The minimum atomic E-state index is -2.93. The topological polar surface area (TPSA) is 149 Å². The number of nitrogens with zero attached hydrogens (tertiary/aromatic N) is 4. The van der Waals surface area contributed by atoms with E-state index in [0.717, 1.165) is 19.3 Å². The number of ether oxygens (including phenoxy) is 2. The van der Waals surface area contributed by atoms with Crippen LogP contribution in [-0.4, -0.2) is 77.9 Å². The maximum Gasteiger partial charge on any atom is 0.265 e. The number of hydrogen-bond acceptors (Lipinski definition) is 12. The molecular formula is C39H51ClFN5O7Si. The second kappa shape index (κ2) is 15.0. The quantitative estimate of drug-likeness (QED) is 0.0740. The van der Waals surface area contributed by atoms with Crippen LogP contribution in [0, 0.1) is 17.7 Å². The molecule has 1 aromatic carbocycles. The lowest BCUT2D eigenvalue weighted by Crippen LogP contribution is -2.68. The molecule has 4 atom stereocenters. The number of aliphatic hydroxyl groups excluding tert-OH is 1. The molecule has 1 fully saturated rings. The zero-order valence-electron chi connectivity index (χ0n) is 32.6. The van der Waals surface area contributed by atoms with E-state index < -0.39 is 60.0 Å². The highest BCUT2D eigenvalue weighted by atomic mass is 35.5. The van der Waals surface area contributed by atoms with Gasteiger partial charge in [-0.05, 0) is 69.0 Å². The summed E-state index contributed by atoms with van der Waals surface area (Å²) in [6, 6.07) is 2.15. The Hall–Kier alpha value is -3.85. The number of hydrogen-bond donors (Lipinski definition) is 2. The summed E-state index contributed by atoms with van der Waals surface area (Å²) < 4.78 is 41.8. The maximum absolute atomic E-state index is 16.4. The highest BCUT2D eigenvalue weighted by molar-refractivity contribution is 6.74. The van der Waals surface area contributed by atoms with Crippen molar-refractivity contribution in [1.82, 2.24) is 20.0 Å². The molecule has 2 heterocycles. The fraction of sp³-hybridized carbons (Fsp3) is 0.564. The van der Waals surface area contributed by atoms with Gasteiger partial charge in [0, 0.05) is 29.2 Å². The molecule has 54 heavy (non-hydrogen) atoms. The van der Waals surface area contributed by atoms with E-state index in [1.807, 2.05) is 66.7 Å². The van der Waals surface area contributed by atoms with E-state index in [9.17, 15) is 5.11 Å². The number of rotatable bonds is 13. The molecule has 15 heteroatoms.